The number of nitrogens with zero attached hydrogens (tertiary/aromatic N) is 6. The molecule has 25 heavy (non-hydrogen) atoms. The zero-order valence-electron chi connectivity index (χ0n) is 14.0. The fourth-order valence-electron chi connectivity index (χ4n) is 3.41. The molecule has 0 unspecified atom stereocenters. The molecule has 7 heteroatoms. The maximum atomic E-state index is 5.80. The maximum Gasteiger partial charge on any atom is 0.134 e. The monoisotopic (exact) mass is 335 g/mol. The summed E-state index contributed by atoms with van der Waals surface area (Å²) in [5, 5.41) is 0. The molecule has 1 aliphatic rings. The van der Waals surface area contributed by atoms with Crippen molar-refractivity contribution in [3.05, 3.63) is 60.7 Å². The maximum absolute atomic E-state index is 5.80. The van der Waals surface area contributed by atoms with Crippen LogP contribution in [-0.2, 0) is 6.54 Å². The van der Waals surface area contributed by atoms with Crippen molar-refractivity contribution in [2.24, 2.45) is 0 Å². The molecule has 1 aliphatic heterocycles. The van der Waals surface area contributed by atoms with Crippen molar-refractivity contribution in [1.82, 2.24) is 24.5 Å². The average molecular weight is 335 g/mol. The molecule has 1 fully saturated rings. The lowest BCUT2D eigenvalue weighted by molar-refractivity contribution is 0.473. The molecule has 0 amide bonds. The molecule has 1 atom stereocenters. The van der Waals surface area contributed by atoms with Crippen LogP contribution in [0.3, 0.4) is 0 Å². The summed E-state index contributed by atoms with van der Waals surface area (Å²) in [6, 6.07) is 7.83. The molecule has 0 radical (unpaired) electrons. The topological polar surface area (TPSA) is 85.8 Å². The molecule has 1 saturated heterocycles. The largest absolute Gasteiger partial charge is 0.384 e. The molecule has 4 rings (SSSR count). The van der Waals surface area contributed by atoms with Gasteiger partial charge in [-0.2, -0.15) is 0 Å². The van der Waals surface area contributed by atoms with Gasteiger partial charge in [-0.3, -0.25) is 4.98 Å². The summed E-state index contributed by atoms with van der Waals surface area (Å²) in [5.41, 5.74) is 6.84. The third-order valence-electron chi connectivity index (χ3n) is 4.59. The molecule has 0 spiro atoms. The first-order valence-electron chi connectivity index (χ1n) is 8.53. The summed E-state index contributed by atoms with van der Waals surface area (Å²) in [6.07, 6.45) is 9.48. The highest BCUT2D eigenvalue weighted by Gasteiger charge is 2.25. The molecule has 4 heterocycles. The van der Waals surface area contributed by atoms with Gasteiger partial charge in [-0.1, -0.05) is 6.07 Å². The van der Waals surface area contributed by atoms with E-state index >= 15 is 0 Å². The van der Waals surface area contributed by atoms with Crippen molar-refractivity contribution >= 4 is 11.6 Å². The Morgan fingerprint density at radius 3 is 2.92 bits per heavy atom. The number of hydrogen-bond donors (Lipinski definition) is 1. The summed E-state index contributed by atoms with van der Waals surface area (Å²) >= 11 is 0. The quantitative estimate of drug-likeness (QED) is 0.786. The van der Waals surface area contributed by atoms with Crippen LogP contribution in [0, 0.1) is 0 Å². The molecule has 0 bridgehead atoms. The van der Waals surface area contributed by atoms with Gasteiger partial charge in [0.15, 0.2) is 0 Å². The molecule has 7 nitrogen and oxygen atoms in total. The lowest BCUT2D eigenvalue weighted by Gasteiger charge is -2.33. The molecule has 3 aromatic heterocycles. The van der Waals surface area contributed by atoms with E-state index in [2.05, 4.69) is 29.4 Å². The Morgan fingerprint density at radius 1 is 1.12 bits per heavy atom. The van der Waals surface area contributed by atoms with Crippen LogP contribution in [0.15, 0.2) is 49.2 Å². The van der Waals surface area contributed by atoms with Gasteiger partial charge >= 0.3 is 0 Å². The normalized spacial score (nSPS) is 17.6. The van der Waals surface area contributed by atoms with Gasteiger partial charge in [0.05, 0.1) is 12.2 Å². The standard InChI is InChI=1S/C18H21N7/c19-16-10-17(23-13-22-16)24-8-3-4-14(11-24)18-21-7-9-25(18)12-15-5-1-2-6-20-15/h1-2,5-7,9-10,13-14H,3-4,8,11-12H2,(H2,19,22,23)/t14-/m0/s1. The first-order chi connectivity index (χ1) is 12.3. The number of hydrogen-bond acceptors (Lipinski definition) is 6. The number of anilines is 2. The molecular formula is C18H21N7. The van der Waals surface area contributed by atoms with Crippen LogP contribution in [0.4, 0.5) is 11.6 Å². The number of imidazole rings is 1. The fraction of sp³-hybridized carbons (Fsp3) is 0.333. The van der Waals surface area contributed by atoms with Crippen LogP contribution in [0.25, 0.3) is 0 Å². The van der Waals surface area contributed by atoms with Crippen LogP contribution >= 0.6 is 0 Å². The molecule has 0 aliphatic carbocycles. The molecule has 128 valence electrons. The smallest absolute Gasteiger partial charge is 0.134 e. The third kappa shape index (κ3) is 3.45. The Bertz CT molecular complexity index is 830. The van der Waals surface area contributed by atoms with E-state index in [0.29, 0.717) is 11.7 Å². The van der Waals surface area contributed by atoms with Crippen LogP contribution in [0.5, 0.6) is 0 Å². The van der Waals surface area contributed by atoms with Gasteiger partial charge in [-0.15, -0.1) is 0 Å². The van der Waals surface area contributed by atoms with Gasteiger partial charge in [0.1, 0.15) is 23.8 Å². The minimum atomic E-state index is 0.364. The third-order valence-corrected chi connectivity index (χ3v) is 4.59. The molecule has 0 aromatic carbocycles. The molecule has 2 N–H and O–H groups in total. The van der Waals surface area contributed by atoms with Crippen molar-refractivity contribution in [2.75, 3.05) is 23.7 Å². The summed E-state index contributed by atoms with van der Waals surface area (Å²) in [6.45, 7) is 2.61. The molecule has 0 saturated carbocycles. The minimum absolute atomic E-state index is 0.364. The first kappa shape index (κ1) is 15.6. The minimum Gasteiger partial charge on any atom is -0.384 e. The predicted molar refractivity (Wildman–Crippen MR) is 96.2 cm³/mol. The van der Waals surface area contributed by atoms with E-state index in [4.69, 9.17) is 5.73 Å². The van der Waals surface area contributed by atoms with Crippen LogP contribution in [-0.4, -0.2) is 37.6 Å². The van der Waals surface area contributed by atoms with E-state index in [1.807, 2.05) is 42.9 Å². The summed E-state index contributed by atoms with van der Waals surface area (Å²) in [7, 11) is 0. The van der Waals surface area contributed by atoms with Gasteiger partial charge < -0.3 is 15.2 Å². The van der Waals surface area contributed by atoms with Crippen molar-refractivity contribution in [1.29, 1.82) is 0 Å². The lowest BCUT2D eigenvalue weighted by Crippen LogP contribution is -2.36. The Morgan fingerprint density at radius 2 is 2.08 bits per heavy atom. The second kappa shape index (κ2) is 6.88. The summed E-state index contributed by atoms with van der Waals surface area (Å²) in [5.74, 6) is 2.87. The van der Waals surface area contributed by atoms with Crippen LogP contribution < -0.4 is 10.6 Å². The average Bonchev–Trinajstić information content (AvgIpc) is 3.11. The first-order valence-corrected chi connectivity index (χ1v) is 8.53. The Hall–Kier alpha value is -2.96. The Balaban J connectivity index is 1.53. The zero-order valence-corrected chi connectivity index (χ0v) is 14.0. The number of nitrogen functional groups attached to an aromatic ring is 1. The Kier molecular flexibility index (Phi) is 4.28. The van der Waals surface area contributed by atoms with E-state index in [1.165, 1.54) is 6.33 Å². The van der Waals surface area contributed by atoms with Gasteiger partial charge in [-0.05, 0) is 25.0 Å². The second-order valence-electron chi connectivity index (χ2n) is 6.32. The number of pyridine rings is 1. The SMILES string of the molecule is Nc1cc(N2CCC[C@H](c3nccn3Cc3ccccn3)C2)ncn1. The van der Waals surface area contributed by atoms with E-state index in [-0.39, 0.29) is 0 Å². The number of rotatable bonds is 4. The van der Waals surface area contributed by atoms with Crippen molar-refractivity contribution in [3.63, 3.8) is 0 Å². The van der Waals surface area contributed by atoms with Crippen molar-refractivity contribution in [2.45, 2.75) is 25.3 Å². The van der Waals surface area contributed by atoms with E-state index < -0.39 is 0 Å². The fourth-order valence-corrected chi connectivity index (χ4v) is 3.41. The highest BCUT2D eigenvalue weighted by molar-refractivity contribution is 5.46. The van der Waals surface area contributed by atoms with Gasteiger partial charge in [0, 0.05) is 43.7 Å². The zero-order chi connectivity index (χ0) is 17.1. The highest BCUT2D eigenvalue weighted by Crippen LogP contribution is 2.28. The molecular weight excluding hydrogens is 314 g/mol. The van der Waals surface area contributed by atoms with Crippen molar-refractivity contribution < 1.29 is 0 Å². The second-order valence-corrected chi connectivity index (χ2v) is 6.32. The summed E-state index contributed by atoms with van der Waals surface area (Å²) in [4.78, 5) is 19.7. The van der Waals surface area contributed by atoms with Gasteiger partial charge in [0.2, 0.25) is 0 Å². The van der Waals surface area contributed by atoms with Gasteiger partial charge in [0.25, 0.3) is 0 Å². The van der Waals surface area contributed by atoms with Crippen molar-refractivity contribution in [3.8, 4) is 0 Å². The van der Waals surface area contributed by atoms with Crippen LogP contribution in [0.2, 0.25) is 0 Å². The number of aromatic nitrogens is 5. The molecule has 3 aromatic rings. The van der Waals surface area contributed by atoms with Crippen LogP contribution in [0.1, 0.15) is 30.3 Å². The predicted octanol–water partition coefficient (Wildman–Crippen LogP) is 2.08. The van der Waals surface area contributed by atoms with Gasteiger partial charge in [-0.25, -0.2) is 15.0 Å². The van der Waals surface area contributed by atoms with E-state index in [9.17, 15) is 0 Å². The van der Waals surface area contributed by atoms with E-state index in [0.717, 1.165) is 49.8 Å². The highest BCUT2D eigenvalue weighted by atomic mass is 15.2. The number of piperidine rings is 1. The van der Waals surface area contributed by atoms with E-state index in [1.54, 1.807) is 0 Å². The lowest BCUT2D eigenvalue weighted by atomic mass is 9.97. The number of nitrogens with two attached hydrogens (primary N) is 1. The Labute approximate surface area is 146 Å². The summed E-state index contributed by atoms with van der Waals surface area (Å²) < 4.78 is 2.20.